The quantitative estimate of drug-likeness (QED) is 0.647. The Balaban J connectivity index is 1.69. The summed E-state index contributed by atoms with van der Waals surface area (Å²) < 4.78 is 6.73. The van der Waals surface area contributed by atoms with Gasteiger partial charge in [0.1, 0.15) is 6.61 Å². The lowest BCUT2D eigenvalue weighted by molar-refractivity contribution is -0.137. The highest BCUT2D eigenvalue weighted by molar-refractivity contribution is 5.95. The standard InChI is InChI=1S/C23H23N3O3/c1-2-7-16-8-6-9-17(12-16)20-14-21(24-23(28)18-13-22(27)29-15-18)25-26(20)19-10-4-3-5-11-19/h3-6,8-12,14,18H,2,7,13,15H2,1H3,(H,24,25,28)/t18-/m0/s1. The summed E-state index contributed by atoms with van der Waals surface area (Å²) in [7, 11) is 0. The first-order valence-corrected chi connectivity index (χ1v) is 9.85. The Bertz CT molecular complexity index is 1030. The van der Waals surface area contributed by atoms with Crippen LogP contribution in [-0.2, 0) is 20.7 Å². The van der Waals surface area contributed by atoms with Crippen LogP contribution >= 0.6 is 0 Å². The molecule has 1 aliphatic heterocycles. The van der Waals surface area contributed by atoms with Crippen molar-refractivity contribution in [2.45, 2.75) is 26.2 Å². The lowest BCUT2D eigenvalue weighted by atomic mass is 10.0. The molecule has 0 radical (unpaired) electrons. The number of nitrogens with one attached hydrogen (secondary N) is 1. The van der Waals surface area contributed by atoms with E-state index in [4.69, 9.17) is 4.74 Å². The highest BCUT2D eigenvalue weighted by Gasteiger charge is 2.30. The molecule has 3 aromatic rings. The van der Waals surface area contributed by atoms with Crippen LogP contribution in [0.5, 0.6) is 0 Å². The minimum atomic E-state index is -0.472. The maximum atomic E-state index is 12.5. The molecule has 29 heavy (non-hydrogen) atoms. The number of anilines is 1. The van der Waals surface area contributed by atoms with Gasteiger partial charge in [0.2, 0.25) is 5.91 Å². The molecule has 2 heterocycles. The maximum Gasteiger partial charge on any atom is 0.306 e. The molecule has 0 unspecified atom stereocenters. The molecule has 1 amide bonds. The number of nitrogens with zero attached hydrogens (tertiary/aromatic N) is 2. The van der Waals surface area contributed by atoms with Crippen LogP contribution in [0.1, 0.15) is 25.3 Å². The third kappa shape index (κ3) is 4.21. The SMILES string of the molecule is CCCc1cccc(-c2cc(NC(=O)[C@@H]3COC(=O)C3)nn2-c2ccccc2)c1. The zero-order valence-corrected chi connectivity index (χ0v) is 16.3. The number of carbonyl (C=O) groups is 2. The Morgan fingerprint density at radius 1 is 1.17 bits per heavy atom. The first kappa shape index (κ1) is 18.9. The summed E-state index contributed by atoms with van der Waals surface area (Å²) >= 11 is 0. The number of hydrogen-bond donors (Lipinski definition) is 1. The number of cyclic esters (lactones) is 1. The van der Waals surface area contributed by atoms with Crippen LogP contribution in [0.2, 0.25) is 0 Å². The average molecular weight is 389 g/mol. The third-order valence-corrected chi connectivity index (χ3v) is 4.95. The Labute approximate surface area is 169 Å². The summed E-state index contributed by atoms with van der Waals surface area (Å²) in [6.07, 6.45) is 2.19. The van der Waals surface area contributed by atoms with E-state index in [9.17, 15) is 9.59 Å². The van der Waals surface area contributed by atoms with Crippen LogP contribution in [-0.4, -0.2) is 28.3 Å². The van der Waals surface area contributed by atoms with Gasteiger partial charge in [-0.1, -0.05) is 49.7 Å². The zero-order chi connectivity index (χ0) is 20.2. The van der Waals surface area contributed by atoms with Crippen LogP contribution in [0.25, 0.3) is 16.9 Å². The summed E-state index contributed by atoms with van der Waals surface area (Å²) in [6, 6.07) is 20.0. The van der Waals surface area contributed by atoms with Crippen molar-refractivity contribution in [1.29, 1.82) is 0 Å². The number of aromatic nitrogens is 2. The van der Waals surface area contributed by atoms with Gasteiger partial charge in [0.05, 0.1) is 23.7 Å². The summed E-state index contributed by atoms with van der Waals surface area (Å²) in [6.45, 7) is 2.28. The molecule has 1 aliphatic rings. The van der Waals surface area contributed by atoms with E-state index in [1.54, 1.807) is 0 Å². The number of carbonyl (C=O) groups excluding carboxylic acids is 2. The minimum Gasteiger partial charge on any atom is -0.465 e. The fraction of sp³-hybridized carbons (Fsp3) is 0.261. The molecule has 2 aromatic carbocycles. The smallest absolute Gasteiger partial charge is 0.306 e. The normalized spacial score (nSPS) is 15.9. The summed E-state index contributed by atoms with van der Waals surface area (Å²) in [5, 5.41) is 7.46. The lowest BCUT2D eigenvalue weighted by Crippen LogP contribution is -2.23. The van der Waals surface area contributed by atoms with Gasteiger partial charge in [0.25, 0.3) is 0 Å². The van der Waals surface area contributed by atoms with Gasteiger partial charge >= 0.3 is 5.97 Å². The molecular weight excluding hydrogens is 366 g/mol. The Kier molecular flexibility index (Phi) is 5.42. The Hall–Kier alpha value is -3.41. The molecule has 1 aromatic heterocycles. The van der Waals surface area contributed by atoms with E-state index in [2.05, 4.69) is 29.5 Å². The Morgan fingerprint density at radius 2 is 2.00 bits per heavy atom. The van der Waals surface area contributed by atoms with Gasteiger partial charge < -0.3 is 10.1 Å². The van der Waals surface area contributed by atoms with Crippen molar-refractivity contribution in [1.82, 2.24) is 9.78 Å². The predicted molar refractivity (Wildman–Crippen MR) is 111 cm³/mol. The molecule has 6 nitrogen and oxygen atoms in total. The van der Waals surface area contributed by atoms with Crippen LogP contribution in [0.4, 0.5) is 5.82 Å². The van der Waals surface area contributed by atoms with E-state index in [1.165, 1.54) is 5.56 Å². The highest BCUT2D eigenvalue weighted by Crippen LogP contribution is 2.28. The lowest BCUT2D eigenvalue weighted by Gasteiger charge is -2.08. The molecule has 0 spiro atoms. The second-order valence-corrected chi connectivity index (χ2v) is 7.19. The van der Waals surface area contributed by atoms with Gasteiger partial charge in [-0.3, -0.25) is 9.59 Å². The zero-order valence-electron chi connectivity index (χ0n) is 16.3. The summed E-state index contributed by atoms with van der Waals surface area (Å²) in [5.41, 5.74) is 4.09. The second-order valence-electron chi connectivity index (χ2n) is 7.19. The topological polar surface area (TPSA) is 73.2 Å². The number of para-hydroxylation sites is 1. The van der Waals surface area contributed by atoms with Crippen LogP contribution in [0.3, 0.4) is 0 Å². The van der Waals surface area contributed by atoms with E-state index in [0.29, 0.717) is 5.82 Å². The fourth-order valence-corrected chi connectivity index (χ4v) is 3.50. The van der Waals surface area contributed by atoms with E-state index >= 15 is 0 Å². The third-order valence-electron chi connectivity index (χ3n) is 4.95. The number of aryl methyl sites for hydroxylation is 1. The van der Waals surface area contributed by atoms with Gasteiger partial charge in [-0.2, -0.15) is 0 Å². The van der Waals surface area contributed by atoms with Gasteiger partial charge in [0, 0.05) is 11.6 Å². The van der Waals surface area contributed by atoms with Crippen molar-refractivity contribution < 1.29 is 14.3 Å². The molecule has 4 rings (SSSR count). The first-order chi connectivity index (χ1) is 14.1. The molecule has 6 heteroatoms. The fourth-order valence-electron chi connectivity index (χ4n) is 3.50. The maximum absolute atomic E-state index is 12.5. The molecular formula is C23H23N3O3. The summed E-state index contributed by atoms with van der Waals surface area (Å²) in [4.78, 5) is 23.8. The number of hydrogen-bond acceptors (Lipinski definition) is 4. The molecule has 1 N–H and O–H groups in total. The van der Waals surface area contributed by atoms with E-state index < -0.39 is 5.92 Å². The highest BCUT2D eigenvalue weighted by atomic mass is 16.5. The number of amides is 1. The van der Waals surface area contributed by atoms with Gasteiger partial charge in [-0.15, -0.1) is 5.10 Å². The van der Waals surface area contributed by atoms with Gasteiger partial charge in [-0.05, 0) is 30.2 Å². The minimum absolute atomic E-state index is 0.108. The molecule has 0 saturated carbocycles. The first-order valence-electron chi connectivity index (χ1n) is 9.85. The molecule has 148 valence electrons. The number of benzene rings is 2. The molecule has 1 fully saturated rings. The molecule has 0 bridgehead atoms. The van der Waals surface area contributed by atoms with E-state index in [1.807, 2.05) is 53.2 Å². The predicted octanol–water partition coefficient (Wildman–Crippen LogP) is 3.99. The van der Waals surface area contributed by atoms with Crippen molar-refractivity contribution in [2.75, 3.05) is 11.9 Å². The van der Waals surface area contributed by atoms with Gasteiger partial charge in [0.15, 0.2) is 5.82 Å². The average Bonchev–Trinajstić information content (AvgIpc) is 3.36. The summed E-state index contributed by atoms with van der Waals surface area (Å²) in [5.74, 6) is -0.608. The van der Waals surface area contributed by atoms with E-state index in [-0.39, 0.29) is 24.9 Å². The largest absolute Gasteiger partial charge is 0.465 e. The number of ether oxygens (including phenoxy) is 1. The Morgan fingerprint density at radius 3 is 2.72 bits per heavy atom. The second kappa shape index (κ2) is 8.31. The van der Waals surface area contributed by atoms with Crippen LogP contribution < -0.4 is 5.32 Å². The van der Waals surface area contributed by atoms with Crippen molar-refractivity contribution in [3.8, 4) is 16.9 Å². The molecule has 1 saturated heterocycles. The molecule has 1 atom stereocenters. The van der Waals surface area contributed by atoms with Crippen molar-refractivity contribution in [3.63, 3.8) is 0 Å². The number of esters is 1. The van der Waals surface area contributed by atoms with E-state index in [0.717, 1.165) is 29.8 Å². The molecule has 0 aliphatic carbocycles. The van der Waals surface area contributed by atoms with Crippen molar-refractivity contribution in [2.24, 2.45) is 5.92 Å². The monoisotopic (exact) mass is 389 g/mol. The van der Waals surface area contributed by atoms with Gasteiger partial charge in [-0.25, -0.2) is 4.68 Å². The number of rotatable bonds is 6. The van der Waals surface area contributed by atoms with Crippen LogP contribution in [0.15, 0.2) is 60.7 Å². The van der Waals surface area contributed by atoms with Crippen LogP contribution in [0, 0.1) is 5.92 Å². The van der Waals surface area contributed by atoms with Crippen molar-refractivity contribution >= 4 is 17.7 Å². The van der Waals surface area contributed by atoms with Crippen molar-refractivity contribution in [3.05, 3.63) is 66.2 Å².